The van der Waals surface area contributed by atoms with Crippen molar-refractivity contribution in [1.29, 1.82) is 0 Å². The average molecular weight is 351 g/mol. The number of Topliss-reactive ketones (excluding diaryl/α,β-unsaturated/α-hetero) is 1. The standard InChI is InChI=1S/C20H25N5O/c1-4-24(5-2)15-8-6-14(7-9-15)19-18-16(10-13(3)11-17(18)26)23-20-21-12-22-25(19)20/h6-9,12-13,19H,4-5,10-11H2,1-3H3,(H,21,22,23). The third kappa shape index (κ3) is 2.69. The van der Waals surface area contributed by atoms with E-state index in [1.54, 1.807) is 6.33 Å². The van der Waals surface area contributed by atoms with E-state index >= 15 is 0 Å². The highest BCUT2D eigenvalue weighted by Gasteiger charge is 2.37. The van der Waals surface area contributed by atoms with E-state index in [-0.39, 0.29) is 11.8 Å². The molecule has 0 amide bonds. The summed E-state index contributed by atoms with van der Waals surface area (Å²) in [5.74, 6) is 1.28. The fourth-order valence-corrected chi connectivity index (χ4v) is 4.11. The first-order valence-electron chi connectivity index (χ1n) is 9.40. The van der Waals surface area contributed by atoms with Crippen LogP contribution in [0.1, 0.15) is 45.2 Å². The number of anilines is 2. The Morgan fingerprint density at radius 1 is 1.19 bits per heavy atom. The van der Waals surface area contributed by atoms with E-state index in [0.29, 0.717) is 18.3 Å². The number of nitrogens with zero attached hydrogens (tertiary/aromatic N) is 4. The average Bonchev–Trinajstić information content (AvgIpc) is 3.09. The Hall–Kier alpha value is -2.63. The minimum absolute atomic E-state index is 0.200. The number of ketones is 1. The first-order valence-corrected chi connectivity index (χ1v) is 9.40. The van der Waals surface area contributed by atoms with Gasteiger partial charge >= 0.3 is 0 Å². The van der Waals surface area contributed by atoms with Crippen LogP contribution in [0, 0.1) is 5.92 Å². The predicted molar refractivity (Wildman–Crippen MR) is 102 cm³/mol. The number of carbonyl (C=O) groups is 1. The number of rotatable bonds is 4. The third-order valence-electron chi connectivity index (χ3n) is 5.40. The maximum absolute atomic E-state index is 12.9. The summed E-state index contributed by atoms with van der Waals surface area (Å²) in [7, 11) is 0. The second kappa shape index (κ2) is 6.59. The molecule has 0 fully saturated rings. The summed E-state index contributed by atoms with van der Waals surface area (Å²) >= 11 is 0. The van der Waals surface area contributed by atoms with Gasteiger partial charge in [-0.1, -0.05) is 19.1 Å². The molecule has 0 saturated heterocycles. The number of nitrogens with one attached hydrogen (secondary N) is 1. The molecule has 136 valence electrons. The number of hydrogen-bond donors (Lipinski definition) is 1. The minimum Gasteiger partial charge on any atom is -0.372 e. The van der Waals surface area contributed by atoms with Gasteiger partial charge in [0.25, 0.3) is 0 Å². The van der Waals surface area contributed by atoms with E-state index in [2.05, 4.69) is 65.3 Å². The van der Waals surface area contributed by atoms with Crippen LogP contribution in [-0.4, -0.2) is 33.6 Å². The lowest BCUT2D eigenvalue weighted by molar-refractivity contribution is -0.117. The zero-order valence-corrected chi connectivity index (χ0v) is 15.6. The second-order valence-electron chi connectivity index (χ2n) is 7.15. The first-order chi connectivity index (χ1) is 12.6. The van der Waals surface area contributed by atoms with E-state index in [9.17, 15) is 4.79 Å². The summed E-state index contributed by atoms with van der Waals surface area (Å²) in [6.45, 7) is 8.39. The van der Waals surface area contributed by atoms with Gasteiger partial charge in [-0.25, -0.2) is 4.68 Å². The molecule has 26 heavy (non-hydrogen) atoms. The Morgan fingerprint density at radius 3 is 2.62 bits per heavy atom. The van der Waals surface area contributed by atoms with Crippen LogP contribution in [-0.2, 0) is 4.79 Å². The molecule has 0 spiro atoms. The Bertz CT molecular complexity index is 847. The summed E-state index contributed by atoms with van der Waals surface area (Å²) in [5.41, 5.74) is 4.12. The molecule has 0 radical (unpaired) electrons. The van der Waals surface area contributed by atoms with Crippen molar-refractivity contribution in [3.05, 3.63) is 47.4 Å². The van der Waals surface area contributed by atoms with Crippen LogP contribution >= 0.6 is 0 Å². The molecule has 1 N–H and O–H groups in total. The largest absolute Gasteiger partial charge is 0.372 e. The molecule has 0 saturated carbocycles. The van der Waals surface area contributed by atoms with E-state index in [4.69, 9.17) is 0 Å². The van der Waals surface area contributed by atoms with Crippen LogP contribution in [0.5, 0.6) is 0 Å². The Balaban J connectivity index is 1.77. The summed E-state index contributed by atoms with van der Waals surface area (Å²) in [4.78, 5) is 19.5. The van der Waals surface area contributed by atoms with Crippen LogP contribution in [0.2, 0.25) is 0 Å². The fourth-order valence-electron chi connectivity index (χ4n) is 4.11. The van der Waals surface area contributed by atoms with Crippen molar-refractivity contribution in [2.75, 3.05) is 23.3 Å². The molecular formula is C20H25N5O. The van der Waals surface area contributed by atoms with Crippen LogP contribution < -0.4 is 10.2 Å². The monoisotopic (exact) mass is 351 g/mol. The maximum Gasteiger partial charge on any atom is 0.226 e. The Labute approximate surface area is 153 Å². The van der Waals surface area contributed by atoms with Crippen molar-refractivity contribution in [3.63, 3.8) is 0 Å². The van der Waals surface area contributed by atoms with Gasteiger partial charge in [0.05, 0.1) is 0 Å². The zero-order valence-electron chi connectivity index (χ0n) is 15.6. The number of fused-ring (bicyclic) bond motifs is 1. The summed E-state index contributed by atoms with van der Waals surface area (Å²) in [5, 5.41) is 7.72. The lowest BCUT2D eigenvalue weighted by Crippen LogP contribution is -2.33. The number of carbonyl (C=O) groups excluding carboxylic acids is 1. The van der Waals surface area contributed by atoms with Gasteiger partial charge in [0.1, 0.15) is 12.4 Å². The highest BCUT2D eigenvalue weighted by molar-refractivity contribution is 5.99. The van der Waals surface area contributed by atoms with E-state index in [1.165, 1.54) is 5.69 Å². The van der Waals surface area contributed by atoms with Gasteiger partial charge in [0.2, 0.25) is 5.95 Å². The molecular weight excluding hydrogens is 326 g/mol. The lowest BCUT2D eigenvalue weighted by Gasteiger charge is -2.34. The molecule has 4 rings (SSSR count). The minimum atomic E-state index is -0.200. The molecule has 6 nitrogen and oxygen atoms in total. The van der Waals surface area contributed by atoms with Gasteiger partial charge in [0.15, 0.2) is 5.78 Å². The van der Waals surface area contributed by atoms with Crippen molar-refractivity contribution in [1.82, 2.24) is 14.8 Å². The van der Waals surface area contributed by atoms with Crippen LogP contribution in [0.3, 0.4) is 0 Å². The number of hydrogen-bond acceptors (Lipinski definition) is 5. The Morgan fingerprint density at radius 2 is 1.92 bits per heavy atom. The highest BCUT2D eigenvalue weighted by atomic mass is 16.1. The molecule has 2 aromatic rings. The van der Waals surface area contributed by atoms with E-state index in [0.717, 1.165) is 36.3 Å². The zero-order chi connectivity index (χ0) is 18.3. The molecule has 2 heterocycles. The lowest BCUT2D eigenvalue weighted by atomic mass is 9.81. The molecule has 1 aromatic heterocycles. The molecule has 1 aliphatic carbocycles. The van der Waals surface area contributed by atoms with Gasteiger partial charge in [0, 0.05) is 36.5 Å². The normalized spacial score (nSPS) is 21.9. The van der Waals surface area contributed by atoms with Crippen LogP contribution in [0.15, 0.2) is 41.9 Å². The van der Waals surface area contributed by atoms with Crippen LogP contribution in [0.4, 0.5) is 11.6 Å². The highest BCUT2D eigenvalue weighted by Crippen LogP contribution is 2.41. The maximum atomic E-state index is 12.9. The topological polar surface area (TPSA) is 63.1 Å². The predicted octanol–water partition coefficient (Wildman–Crippen LogP) is 3.39. The van der Waals surface area contributed by atoms with Gasteiger partial charge in [-0.15, -0.1) is 0 Å². The fraction of sp³-hybridized carbons (Fsp3) is 0.450. The second-order valence-corrected chi connectivity index (χ2v) is 7.15. The van der Waals surface area contributed by atoms with Gasteiger partial charge in [-0.2, -0.15) is 10.1 Å². The summed E-state index contributed by atoms with van der Waals surface area (Å²) < 4.78 is 1.83. The molecule has 2 unspecified atom stereocenters. The molecule has 2 aliphatic rings. The smallest absolute Gasteiger partial charge is 0.226 e. The molecule has 0 bridgehead atoms. The molecule has 2 atom stereocenters. The van der Waals surface area contributed by atoms with Crippen molar-refractivity contribution in [2.24, 2.45) is 5.92 Å². The van der Waals surface area contributed by atoms with Gasteiger partial charge in [-0.3, -0.25) is 4.79 Å². The van der Waals surface area contributed by atoms with Crippen molar-refractivity contribution < 1.29 is 4.79 Å². The molecule has 1 aromatic carbocycles. The van der Waals surface area contributed by atoms with Crippen molar-refractivity contribution >= 4 is 17.4 Å². The van der Waals surface area contributed by atoms with Crippen molar-refractivity contribution in [2.45, 2.75) is 39.7 Å². The molecule has 6 heteroatoms. The van der Waals surface area contributed by atoms with Crippen molar-refractivity contribution in [3.8, 4) is 0 Å². The molecule has 1 aliphatic heterocycles. The van der Waals surface area contributed by atoms with E-state index in [1.807, 2.05) is 4.68 Å². The number of benzene rings is 1. The van der Waals surface area contributed by atoms with Gasteiger partial charge < -0.3 is 10.2 Å². The summed E-state index contributed by atoms with van der Waals surface area (Å²) in [6.07, 6.45) is 3.02. The summed E-state index contributed by atoms with van der Waals surface area (Å²) in [6, 6.07) is 8.30. The SMILES string of the molecule is CCN(CC)c1ccc(C2C3=C(CC(C)CC3=O)Nc3ncnn32)cc1. The van der Waals surface area contributed by atoms with Crippen LogP contribution in [0.25, 0.3) is 0 Å². The van der Waals surface area contributed by atoms with E-state index < -0.39 is 0 Å². The van der Waals surface area contributed by atoms with Gasteiger partial charge in [-0.05, 0) is 43.9 Å². The first kappa shape index (κ1) is 16.8. The number of allylic oxidation sites excluding steroid dienone is 2. The third-order valence-corrected chi connectivity index (χ3v) is 5.40. The quantitative estimate of drug-likeness (QED) is 0.915. The Kier molecular flexibility index (Phi) is 4.26. The number of aromatic nitrogens is 3.